The third-order valence-electron chi connectivity index (χ3n) is 3.23. The summed E-state index contributed by atoms with van der Waals surface area (Å²) in [5.74, 6) is 4.59. The van der Waals surface area contributed by atoms with Crippen LogP contribution in [-0.2, 0) is 6.42 Å². The number of nitrogens with two attached hydrogens (primary N) is 1. The molecule has 0 aromatic heterocycles. The predicted octanol–water partition coefficient (Wildman–Crippen LogP) is 3.11. The van der Waals surface area contributed by atoms with Crippen LogP contribution in [0.5, 0.6) is 5.75 Å². The first kappa shape index (κ1) is 15.4. The number of ether oxygens (including phenoxy) is 1. The zero-order valence-corrected chi connectivity index (χ0v) is 11.8. The van der Waals surface area contributed by atoms with Crippen molar-refractivity contribution in [1.29, 1.82) is 0 Å². The van der Waals surface area contributed by atoms with Gasteiger partial charge in [-0.1, -0.05) is 24.3 Å². The van der Waals surface area contributed by atoms with Crippen LogP contribution in [0.4, 0.5) is 8.78 Å². The minimum atomic E-state index is -0.855. The molecule has 3 N–H and O–H groups in total. The molecule has 0 aliphatic carbocycles. The second-order valence-electron chi connectivity index (χ2n) is 4.64. The Balaban J connectivity index is 2.23. The minimum absolute atomic E-state index is 0.246. The Morgan fingerprint density at radius 2 is 1.95 bits per heavy atom. The molecule has 2 rings (SSSR count). The fraction of sp³-hybridized carbons (Fsp3) is 0.250. The fourth-order valence-corrected chi connectivity index (χ4v) is 2.19. The summed E-state index contributed by atoms with van der Waals surface area (Å²) in [6.07, 6.45) is 0.246. The van der Waals surface area contributed by atoms with Crippen molar-refractivity contribution in [3.63, 3.8) is 0 Å². The molecule has 0 aliphatic heterocycles. The van der Waals surface area contributed by atoms with Gasteiger partial charge in [-0.2, -0.15) is 0 Å². The summed E-state index contributed by atoms with van der Waals surface area (Å²) in [7, 11) is 0. The molecule has 3 nitrogen and oxygen atoms in total. The summed E-state index contributed by atoms with van der Waals surface area (Å²) < 4.78 is 32.4. The van der Waals surface area contributed by atoms with Gasteiger partial charge in [0.1, 0.15) is 5.75 Å². The van der Waals surface area contributed by atoms with E-state index in [-0.39, 0.29) is 18.0 Å². The van der Waals surface area contributed by atoms with Gasteiger partial charge in [0.25, 0.3) is 0 Å². The largest absolute Gasteiger partial charge is 0.494 e. The number of benzene rings is 2. The molecule has 0 amide bonds. The van der Waals surface area contributed by atoms with E-state index in [1.807, 2.05) is 31.2 Å². The molecule has 1 atom stereocenters. The molecule has 21 heavy (non-hydrogen) atoms. The van der Waals surface area contributed by atoms with Gasteiger partial charge in [0, 0.05) is 0 Å². The van der Waals surface area contributed by atoms with E-state index in [0.717, 1.165) is 17.4 Å². The third kappa shape index (κ3) is 3.77. The van der Waals surface area contributed by atoms with E-state index in [4.69, 9.17) is 10.6 Å². The molecule has 0 radical (unpaired) electrons. The summed E-state index contributed by atoms with van der Waals surface area (Å²) >= 11 is 0. The summed E-state index contributed by atoms with van der Waals surface area (Å²) in [6.45, 7) is 2.45. The van der Waals surface area contributed by atoms with Gasteiger partial charge in [-0.05, 0) is 42.7 Å². The molecule has 0 aliphatic rings. The van der Waals surface area contributed by atoms with Crippen molar-refractivity contribution >= 4 is 0 Å². The monoisotopic (exact) mass is 292 g/mol. The van der Waals surface area contributed by atoms with Crippen molar-refractivity contribution in [1.82, 2.24) is 5.43 Å². The Labute approximate surface area is 122 Å². The number of hydrazine groups is 1. The average molecular weight is 292 g/mol. The van der Waals surface area contributed by atoms with Gasteiger partial charge < -0.3 is 4.74 Å². The van der Waals surface area contributed by atoms with Gasteiger partial charge in [-0.15, -0.1) is 0 Å². The second-order valence-corrected chi connectivity index (χ2v) is 4.64. The van der Waals surface area contributed by atoms with Crippen molar-refractivity contribution in [3.8, 4) is 5.75 Å². The molecule has 0 saturated heterocycles. The smallest absolute Gasteiger partial charge is 0.162 e. The van der Waals surface area contributed by atoms with Gasteiger partial charge in [0.2, 0.25) is 0 Å². The fourth-order valence-electron chi connectivity index (χ4n) is 2.19. The quantitative estimate of drug-likeness (QED) is 0.635. The Bertz CT molecular complexity index is 605. The van der Waals surface area contributed by atoms with E-state index in [2.05, 4.69) is 5.43 Å². The molecule has 0 spiro atoms. The van der Waals surface area contributed by atoms with Crippen LogP contribution in [0.15, 0.2) is 42.5 Å². The summed E-state index contributed by atoms with van der Waals surface area (Å²) in [5.41, 5.74) is 3.77. The van der Waals surface area contributed by atoms with Gasteiger partial charge >= 0.3 is 0 Å². The van der Waals surface area contributed by atoms with E-state index in [1.54, 1.807) is 6.07 Å². The van der Waals surface area contributed by atoms with Crippen molar-refractivity contribution in [3.05, 3.63) is 65.2 Å². The highest BCUT2D eigenvalue weighted by Gasteiger charge is 2.15. The van der Waals surface area contributed by atoms with E-state index in [1.165, 1.54) is 6.07 Å². The average Bonchev–Trinajstić information content (AvgIpc) is 2.49. The number of rotatable bonds is 6. The lowest BCUT2D eigenvalue weighted by atomic mass is 9.99. The molecule has 2 aromatic rings. The number of halogens is 2. The molecule has 1 unspecified atom stereocenters. The summed E-state index contributed by atoms with van der Waals surface area (Å²) in [5, 5.41) is 0. The SMILES string of the molecule is CCOc1cccc(C(Cc2cccc(F)c2F)NN)c1. The molecule has 5 heteroatoms. The normalized spacial score (nSPS) is 12.2. The Morgan fingerprint density at radius 1 is 1.19 bits per heavy atom. The van der Waals surface area contributed by atoms with Gasteiger partial charge in [-0.25, -0.2) is 8.78 Å². The van der Waals surface area contributed by atoms with E-state index >= 15 is 0 Å². The number of hydrogen-bond donors (Lipinski definition) is 2. The standard InChI is InChI=1S/C16H18F2N2O/c1-2-21-13-7-3-5-11(9-13)15(20-19)10-12-6-4-8-14(17)16(12)18/h3-9,15,20H,2,10,19H2,1H3. The highest BCUT2D eigenvalue weighted by atomic mass is 19.2. The van der Waals surface area contributed by atoms with E-state index < -0.39 is 11.6 Å². The van der Waals surface area contributed by atoms with Crippen molar-refractivity contribution in [2.45, 2.75) is 19.4 Å². The van der Waals surface area contributed by atoms with Crippen LogP contribution >= 0.6 is 0 Å². The van der Waals surface area contributed by atoms with Crippen LogP contribution in [0.3, 0.4) is 0 Å². The Hall–Kier alpha value is -1.98. The molecule has 0 saturated carbocycles. The zero-order valence-electron chi connectivity index (χ0n) is 11.8. The summed E-state index contributed by atoms with van der Waals surface area (Å²) in [6, 6.07) is 11.2. The maximum atomic E-state index is 13.7. The number of hydrogen-bond acceptors (Lipinski definition) is 3. The van der Waals surface area contributed by atoms with Crippen LogP contribution in [0.25, 0.3) is 0 Å². The molecular weight excluding hydrogens is 274 g/mol. The molecule has 2 aromatic carbocycles. The zero-order chi connectivity index (χ0) is 15.2. The van der Waals surface area contributed by atoms with Crippen LogP contribution in [-0.4, -0.2) is 6.61 Å². The maximum Gasteiger partial charge on any atom is 0.162 e. The van der Waals surface area contributed by atoms with Gasteiger partial charge in [0.15, 0.2) is 11.6 Å². The van der Waals surface area contributed by atoms with E-state index in [9.17, 15) is 8.78 Å². The van der Waals surface area contributed by atoms with E-state index in [0.29, 0.717) is 6.61 Å². The molecule has 0 fully saturated rings. The number of nitrogens with one attached hydrogen (secondary N) is 1. The topological polar surface area (TPSA) is 47.3 Å². The van der Waals surface area contributed by atoms with Crippen molar-refractivity contribution in [2.75, 3.05) is 6.61 Å². The lowest BCUT2D eigenvalue weighted by molar-refractivity contribution is 0.339. The highest BCUT2D eigenvalue weighted by Crippen LogP contribution is 2.24. The van der Waals surface area contributed by atoms with Gasteiger partial charge in [0.05, 0.1) is 12.6 Å². The van der Waals surface area contributed by atoms with Crippen LogP contribution in [0, 0.1) is 11.6 Å². The maximum absolute atomic E-state index is 13.7. The first-order chi connectivity index (χ1) is 10.2. The first-order valence-electron chi connectivity index (χ1n) is 6.77. The second kappa shape index (κ2) is 7.15. The van der Waals surface area contributed by atoms with Crippen molar-refractivity contribution < 1.29 is 13.5 Å². The molecule has 112 valence electrons. The Morgan fingerprint density at radius 3 is 2.67 bits per heavy atom. The summed E-state index contributed by atoms with van der Waals surface area (Å²) in [4.78, 5) is 0. The van der Waals surface area contributed by atoms with Gasteiger partial charge in [-0.3, -0.25) is 11.3 Å². The van der Waals surface area contributed by atoms with Crippen LogP contribution in [0.1, 0.15) is 24.1 Å². The lowest BCUT2D eigenvalue weighted by Gasteiger charge is -2.18. The third-order valence-corrected chi connectivity index (χ3v) is 3.23. The highest BCUT2D eigenvalue weighted by molar-refractivity contribution is 5.32. The Kier molecular flexibility index (Phi) is 5.25. The molecular formula is C16H18F2N2O. The molecule has 0 heterocycles. The first-order valence-corrected chi connectivity index (χ1v) is 6.77. The van der Waals surface area contributed by atoms with Crippen LogP contribution in [0.2, 0.25) is 0 Å². The predicted molar refractivity (Wildman–Crippen MR) is 77.7 cm³/mol. The lowest BCUT2D eigenvalue weighted by Crippen LogP contribution is -2.29. The molecule has 0 bridgehead atoms. The van der Waals surface area contributed by atoms with Crippen molar-refractivity contribution in [2.24, 2.45) is 5.84 Å². The minimum Gasteiger partial charge on any atom is -0.494 e. The van der Waals surface area contributed by atoms with Crippen LogP contribution < -0.4 is 16.0 Å².